The maximum atomic E-state index is 11.5. The molecule has 0 aliphatic carbocycles. The van der Waals surface area contributed by atoms with Crippen LogP contribution in [0.15, 0.2) is 72.9 Å². The molecule has 1 amide bonds. The van der Waals surface area contributed by atoms with E-state index in [2.05, 4.69) is 77.0 Å². The molecular formula is C30H31N5OS. The first-order valence-electron chi connectivity index (χ1n) is 12.4. The standard InChI is InChI=1S/C30H31N5OS/c1-18-9-10-19(2)27(16-18)34-20(3)17-25(21(34)4)29-28(26-8-6-7-15-31-26)33-30(37)35(29)24-13-11-23(12-14-24)32-22(5)36/h6-17,28-29H,1-5H3,(H,32,36)(H,33,37)/t28-,29-/m1/s1. The van der Waals surface area contributed by atoms with Crippen molar-refractivity contribution in [2.75, 3.05) is 10.2 Å². The lowest BCUT2D eigenvalue weighted by atomic mass is 9.96. The van der Waals surface area contributed by atoms with E-state index in [4.69, 9.17) is 12.2 Å². The molecule has 0 saturated carbocycles. The highest BCUT2D eigenvalue weighted by atomic mass is 32.1. The van der Waals surface area contributed by atoms with Gasteiger partial charge in [-0.15, -0.1) is 0 Å². The number of amides is 1. The van der Waals surface area contributed by atoms with Gasteiger partial charge in [0, 0.05) is 41.6 Å². The molecule has 2 N–H and O–H groups in total. The van der Waals surface area contributed by atoms with Gasteiger partial charge in [0.2, 0.25) is 5.91 Å². The van der Waals surface area contributed by atoms with Crippen LogP contribution in [0.1, 0.15) is 52.8 Å². The largest absolute Gasteiger partial charge is 0.351 e. The first kappa shape index (κ1) is 24.7. The second-order valence-corrected chi connectivity index (χ2v) is 10.1. The quantitative estimate of drug-likeness (QED) is 0.312. The molecule has 1 fully saturated rings. The molecule has 0 bridgehead atoms. The van der Waals surface area contributed by atoms with Crippen LogP contribution in [-0.2, 0) is 4.79 Å². The van der Waals surface area contributed by atoms with Crippen LogP contribution in [0.3, 0.4) is 0 Å². The van der Waals surface area contributed by atoms with Crippen LogP contribution in [0.5, 0.6) is 0 Å². The van der Waals surface area contributed by atoms with Gasteiger partial charge in [-0.2, -0.15) is 0 Å². The van der Waals surface area contributed by atoms with E-state index in [-0.39, 0.29) is 18.0 Å². The molecule has 188 valence electrons. The Labute approximate surface area is 223 Å². The average Bonchev–Trinajstić information content (AvgIpc) is 3.36. The third-order valence-corrected chi connectivity index (χ3v) is 7.27. The second kappa shape index (κ2) is 9.82. The smallest absolute Gasteiger partial charge is 0.221 e. The monoisotopic (exact) mass is 509 g/mol. The number of carbonyl (C=O) groups excluding carboxylic acids is 1. The van der Waals surface area contributed by atoms with Gasteiger partial charge in [0.15, 0.2) is 5.11 Å². The minimum absolute atomic E-state index is 0.0990. The van der Waals surface area contributed by atoms with Crippen molar-refractivity contribution in [1.82, 2.24) is 14.9 Å². The third kappa shape index (κ3) is 4.62. The van der Waals surface area contributed by atoms with Crippen molar-refractivity contribution in [2.24, 2.45) is 0 Å². The van der Waals surface area contributed by atoms with Crippen molar-refractivity contribution in [3.05, 3.63) is 107 Å². The fourth-order valence-corrected chi connectivity index (χ4v) is 5.62. The number of carbonyl (C=O) groups is 1. The van der Waals surface area contributed by atoms with Gasteiger partial charge in [-0.05, 0) is 105 Å². The van der Waals surface area contributed by atoms with Gasteiger partial charge in [0.25, 0.3) is 0 Å². The van der Waals surface area contributed by atoms with Crippen molar-refractivity contribution >= 4 is 34.6 Å². The Morgan fingerprint density at radius 1 is 1.00 bits per heavy atom. The number of aryl methyl sites for hydroxylation is 3. The molecule has 0 radical (unpaired) electrons. The van der Waals surface area contributed by atoms with Crippen molar-refractivity contribution < 1.29 is 4.79 Å². The van der Waals surface area contributed by atoms with Crippen molar-refractivity contribution in [3.8, 4) is 5.69 Å². The van der Waals surface area contributed by atoms with E-state index in [1.54, 1.807) is 0 Å². The SMILES string of the molecule is CC(=O)Nc1ccc(N2C(=S)N[C@H](c3ccccn3)[C@H]2c2cc(C)n(-c3cc(C)ccc3C)c2C)cc1. The highest BCUT2D eigenvalue weighted by Gasteiger charge is 2.42. The molecule has 6 nitrogen and oxygen atoms in total. The maximum absolute atomic E-state index is 11.5. The fraction of sp³-hybridized carbons (Fsp3) is 0.233. The number of aromatic nitrogens is 2. The molecule has 4 aromatic rings. The molecule has 2 aromatic heterocycles. The number of anilines is 2. The number of hydrogen-bond acceptors (Lipinski definition) is 3. The summed E-state index contributed by atoms with van der Waals surface area (Å²) in [5.74, 6) is -0.0990. The number of nitrogens with zero attached hydrogens (tertiary/aromatic N) is 3. The van der Waals surface area contributed by atoms with Crippen LogP contribution in [-0.4, -0.2) is 20.6 Å². The normalized spacial score (nSPS) is 17.1. The lowest BCUT2D eigenvalue weighted by molar-refractivity contribution is -0.114. The number of nitrogens with one attached hydrogen (secondary N) is 2. The van der Waals surface area contributed by atoms with Gasteiger partial charge in [0.05, 0.1) is 17.8 Å². The molecule has 0 unspecified atom stereocenters. The molecule has 1 aliphatic rings. The van der Waals surface area contributed by atoms with Crippen molar-refractivity contribution in [3.63, 3.8) is 0 Å². The molecular weight excluding hydrogens is 478 g/mol. The zero-order chi connectivity index (χ0) is 26.3. The molecule has 2 atom stereocenters. The number of hydrogen-bond donors (Lipinski definition) is 2. The summed E-state index contributed by atoms with van der Waals surface area (Å²) in [6.07, 6.45) is 1.82. The molecule has 0 spiro atoms. The summed E-state index contributed by atoms with van der Waals surface area (Å²) in [6, 6.07) is 22.4. The summed E-state index contributed by atoms with van der Waals surface area (Å²) in [7, 11) is 0. The zero-order valence-electron chi connectivity index (χ0n) is 21.7. The Bertz CT molecular complexity index is 1480. The third-order valence-electron chi connectivity index (χ3n) is 6.96. The van der Waals surface area contributed by atoms with Crippen LogP contribution in [0.4, 0.5) is 11.4 Å². The van der Waals surface area contributed by atoms with E-state index in [0.717, 1.165) is 17.1 Å². The van der Waals surface area contributed by atoms with E-state index >= 15 is 0 Å². The van der Waals surface area contributed by atoms with Gasteiger partial charge in [-0.25, -0.2) is 0 Å². The molecule has 7 heteroatoms. The van der Waals surface area contributed by atoms with Gasteiger partial charge in [-0.3, -0.25) is 9.78 Å². The van der Waals surface area contributed by atoms with Crippen molar-refractivity contribution in [1.29, 1.82) is 0 Å². The van der Waals surface area contributed by atoms with Crippen LogP contribution in [0, 0.1) is 27.7 Å². The van der Waals surface area contributed by atoms with Gasteiger partial charge in [0.1, 0.15) is 0 Å². The van der Waals surface area contributed by atoms with Gasteiger partial charge in [-0.1, -0.05) is 18.2 Å². The summed E-state index contributed by atoms with van der Waals surface area (Å²) in [5, 5.41) is 7.03. The van der Waals surface area contributed by atoms with Crippen LogP contribution >= 0.6 is 12.2 Å². The van der Waals surface area contributed by atoms with E-state index in [1.807, 2.05) is 48.7 Å². The Kier molecular flexibility index (Phi) is 6.56. The Hall–Kier alpha value is -3.97. The van der Waals surface area contributed by atoms with Crippen molar-refractivity contribution in [2.45, 2.75) is 46.7 Å². The van der Waals surface area contributed by atoms with Crippen LogP contribution in [0.25, 0.3) is 5.69 Å². The molecule has 2 aromatic carbocycles. The lowest BCUT2D eigenvalue weighted by Gasteiger charge is -2.28. The van der Waals surface area contributed by atoms with Crippen LogP contribution in [0.2, 0.25) is 0 Å². The van der Waals surface area contributed by atoms with E-state index in [0.29, 0.717) is 5.11 Å². The Morgan fingerprint density at radius 3 is 2.43 bits per heavy atom. The summed E-state index contributed by atoms with van der Waals surface area (Å²) < 4.78 is 2.34. The minimum atomic E-state index is -0.128. The summed E-state index contributed by atoms with van der Waals surface area (Å²) >= 11 is 5.90. The first-order valence-corrected chi connectivity index (χ1v) is 12.8. The number of rotatable bonds is 5. The molecule has 3 heterocycles. The average molecular weight is 510 g/mol. The summed E-state index contributed by atoms with van der Waals surface area (Å²) in [5.41, 5.74) is 9.80. The van der Waals surface area contributed by atoms with Gasteiger partial charge < -0.3 is 20.1 Å². The highest BCUT2D eigenvalue weighted by molar-refractivity contribution is 7.80. The molecule has 5 rings (SSSR count). The fourth-order valence-electron chi connectivity index (χ4n) is 5.28. The van der Waals surface area contributed by atoms with E-state index in [1.165, 1.54) is 40.7 Å². The molecule has 37 heavy (non-hydrogen) atoms. The van der Waals surface area contributed by atoms with Gasteiger partial charge >= 0.3 is 0 Å². The number of benzene rings is 2. The molecule has 1 saturated heterocycles. The maximum Gasteiger partial charge on any atom is 0.221 e. The predicted octanol–water partition coefficient (Wildman–Crippen LogP) is 6.24. The van der Waals surface area contributed by atoms with Crippen LogP contribution < -0.4 is 15.5 Å². The second-order valence-electron chi connectivity index (χ2n) is 9.68. The highest BCUT2D eigenvalue weighted by Crippen LogP contribution is 2.44. The number of pyridine rings is 1. The predicted molar refractivity (Wildman–Crippen MR) is 153 cm³/mol. The zero-order valence-corrected chi connectivity index (χ0v) is 22.6. The summed E-state index contributed by atoms with van der Waals surface area (Å²) in [6.45, 7) is 10.1. The minimum Gasteiger partial charge on any atom is -0.351 e. The van der Waals surface area contributed by atoms with E-state index < -0.39 is 0 Å². The number of thiocarbonyl (C=S) groups is 1. The lowest BCUT2D eigenvalue weighted by Crippen LogP contribution is -2.29. The van der Waals surface area contributed by atoms with E-state index in [9.17, 15) is 4.79 Å². The first-order chi connectivity index (χ1) is 17.7. The topological polar surface area (TPSA) is 62.2 Å². The Morgan fingerprint density at radius 2 is 1.76 bits per heavy atom. The Balaban J connectivity index is 1.65. The molecule has 1 aliphatic heterocycles. The summed E-state index contributed by atoms with van der Waals surface area (Å²) in [4.78, 5) is 18.4.